The van der Waals surface area contributed by atoms with Crippen LogP contribution in [-0.4, -0.2) is 46.4 Å². The molecule has 0 bridgehead atoms. The first-order valence-electron chi connectivity index (χ1n) is 9.27. The fourth-order valence-corrected chi connectivity index (χ4v) is 4.20. The van der Waals surface area contributed by atoms with E-state index in [1.807, 2.05) is 38.1 Å². The summed E-state index contributed by atoms with van der Waals surface area (Å²) in [5.74, 6) is 0.361. The third-order valence-electron chi connectivity index (χ3n) is 4.74. The number of hydrogen-bond acceptors (Lipinski definition) is 5. The lowest BCUT2D eigenvalue weighted by Crippen LogP contribution is -2.39. The number of amides is 1. The number of nitrogens with zero attached hydrogens (tertiary/aromatic N) is 1. The van der Waals surface area contributed by atoms with E-state index in [9.17, 15) is 13.2 Å². The van der Waals surface area contributed by atoms with E-state index in [-0.39, 0.29) is 23.4 Å². The topological polar surface area (TPSA) is 84.9 Å². The molecule has 0 fully saturated rings. The Hall–Kier alpha value is -2.58. The third kappa shape index (κ3) is 5.27. The first kappa shape index (κ1) is 22.7. The van der Waals surface area contributed by atoms with Crippen LogP contribution in [0.3, 0.4) is 0 Å². The van der Waals surface area contributed by atoms with Crippen LogP contribution in [0.15, 0.2) is 47.4 Å². The number of nitrogens with one attached hydrogen (secondary N) is 1. The van der Waals surface area contributed by atoms with Gasteiger partial charge in [-0.25, -0.2) is 8.42 Å². The van der Waals surface area contributed by atoms with Crippen LogP contribution in [0, 0.1) is 6.92 Å². The highest BCUT2D eigenvalue weighted by Gasteiger charge is 2.25. The highest BCUT2D eigenvalue weighted by Crippen LogP contribution is 2.30. The third-order valence-corrected chi connectivity index (χ3v) is 6.54. The van der Waals surface area contributed by atoms with Crippen molar-refractivity contribution < 1.29 is 22.7 Å². The average molecular weight is 421 g/mol. The summed E-state index contributed by atoms with van der Waals surface area (Å²) in [5.41, 5.74) is 2.10. The van der Waals surface area contributed by atoms with Gasteiger partial charge >= 0.3 is 0 Å². The summed E-state index contributed by atoms with van der Waals surface area (Å²) in [6.07, 6.45) is 0.697. The Bertz CT molecular complexity index is 959. The van der Waals surface area contributed by atoms with Gasteiger partial charge in [0.1, 0.15) is 0 Å². The van der Waals surface area contributed by atoms with Crippen molar-refractivity contribution in [2.45, 2.75) is 31.2 Å². The fraction of sp³-hybridized carbons (Fsp3) is 0.381. The Morgan fingerprint density at radius 1 is 1.10 bits per heavy atom. The van der Waals surface area contributed by atoms with Gasteiger partial charge in [-0.3, -0.25) is 4.79 Å². The summed E-state index contributed by atoms with van der Waals surface area (Å²) in [6.45, 7) is 3.67. The number of likely N-dealkylation sites (N-methyl/N-ethyl adjacent to an activating group) is 1. The van der Waals surface area contributed by atoms with Crippen molar-refractivity contribution >= 4 is 15.9 Å². The van der Waals surface area contributed by atoms with Crippen LogP contribution in [0.1, 0.15) is 30.5 Å². The van der Waals surface area contributed by atoms with E-state index in [1.165, 1.54) is 39.5 Å². The number of ether oxygens (including phenoxy) is 2. The standard InChI is InChI=1S/C21H28N2O5S/c1-6-18(17-10-8-7-9-15(17)2)22-21(24)14-23(3)29(25,26)16-11-12-19(27-4)20(13-16)28-5/h7-13,18H,6,14H2,1-5H3,(H,22,24). The maximum atomic E-state index is 12.9. The molecule has 0 heterocycles. The molecule has 1 N–H and O–H groups in total. The number of rotatable bonds is 9. The summed E-state index contributed by atoms with van der Waals surface area (Å²) in [5, 5.41) is 2.93. The highest BCUT2D eigenvalue weighted by atomic mass is 32.2. The van der Waals surface area contributed by atoms with Gasteiger partial charge in [0.2, 0.25) is 15.9 Å². The first-order valence-corrected chi connectivity index (χ1v) is 10.7. The van der Waals surface area contributed by atoms with Gasteiger partial charge in [-0.05, 0) is 36.6 Å². The molecule has 8 heteroatoms. The maximum absolute atomic E-state index is 12.9. The van der Waals surface area contributed by atoms with E-state index in [0.29, 0.717) is 17.9 Å². The van der Waals surface area contributed by atoms with Crippen LogP contribution >= 0.6 is 0 Å². The molecule has 1 amide bonds. The average Bonchev–Trinajstić information content (AvgIpc) is 2.71. The SMILES string of the molecule is CCC(NC(=O)CN(C)S(=O)(=O)c1ccc(OC)c(OC)c1)c1ccccc1C. The zero-order chi connectivity index (χ0) is 21.6. The second kappa shape index (κ2) is 9.76. The molecular weight excluding hydrogens is 392 g/mol. The van der Waals surface area contributed by atoms with Gasteiger partial charge in [0, 0.05) is 13.1 Å². The molecule has 0 aromatic heterocycles. The first-order chi connectivity index (χ1) is 13.7. The van der Waals surface area contributed by atoms with Crippen molar-refractivity contribution in [1.29, 1.82) is 0 Å². The van der Waals surface area contributed by atoms with E-state index in [4.69, 9.17) is 9.47 Å². The molecule has 0 aliphatic carbocycles. The van der Waals surface area contributed by atoms with E-state index < -0.39 is 10.0 Å². The molecule has 1 atom stereocenters. The second-order valence-electron chi connectivity index (χ2n) is 6.66. The van der Waals surface area contributed by atoms with Crippen LogP contribution in [0.4, 0.5) is 0 Å². The summed E-state index contributed by atoms with van der Waals surface area (Å²) >= 11 is 0. The predicted octanol–water partition coefficient (Wildman–Crippen LogP) is 2.90. The minimum Gasteiger partial charge on any atom is -0.493 e. The molecule has 1 unspecified atom stereocenters. The molecule has 2 rings (SSSR count). The van der Waals surface area contributed by atoms with Crippen LogP contribution in [-0.2, 0) is 14.8 Å². The Morgan fingerprint density at radius 3 is 2.34 bits per heavy atom. The monoisotopic (exact) mass is 420 g/mol. The number of methoxy groups -OCH3 is 2. The lowest BCUT2D eigenvalue weighted by atomic mass is 9.99. The van der Waals surface area contributed by atoms with Gasteiger partial charge in [0.25, 0.3) is 0 Å². The van der Waals surface area contributed by atoms with E-state index in [1.54, 1.807) is 0 Å². The molecule has 0 spiro atoms. The summed E-state index contributed by atoms with van der Waals surface area (Å²) in [7, 11) is 0.411. The summed E-state index contributed by atoms with van der Waals surface area (Å²) < 4.78 is 37.1. The predicted molar refractivity (Wildman–Crippen MR) is 112 cm³/mol. The van der Waals surface area contributed by atoms with Gasteiger partial charge in [-0.2, -0.15) is 4.31 Å². The Morgan fingerprint density at radius 2 is 1.76 bits per heavy atom. The van der Waals surface area contributed by atoms with E-state index in [2.05, 4.69) is 5.32 Å². The van der Waals surface area contributed by atoms with Crippen molar-refractivity contribution in [2.24, 2.45) is 0 Å². The Balaban J connectivity index is 2.14. The largest absolute Gasteiger partial charge is 0.493 e. The molecule has 2 aromatic carbocycles. The van der Waals surface area contributed by atoms with Gasteiger partial charge in [0.05, 0.1) is 31.7 Å². The minimum absolute atomic E-state index is 0.0244. The number of hydrogen-bond donors (Lipinski definition) is 1. The zero-order valence-corrected chi connectivity index (χ0v) is 18.2. The number of carbonyl (C=O) groups is 1. The Labute approximate surface area is 172 Å². The molecule has 2 aromatic rings. The fourth-order valence-electron chi connectivity index (χ4n) is 3.06. The number of benzene rings is 2. The van der Waals surface area contributed by atoms with Gasteiger partial charge in [-0.15, -0.1) is 0 Å². The molecule has 7 nitrogen and oxygen atoms in total. The van der Waals surface area contributed by atoms with Crippen LogP contribution < -0.4 is 14.8 Å². The van der Waals surface area contributed by atoms with E-state index in [0.717, 1.165) is 15.4 Å². The zero-order valence-electron chi connectivity index (χ0n) is 17.4. The number of aryl methyl sites for hydroxylation is 1. The molecular formula is C21H28N2O5S. The molecule has 0 saturated heterocycles. The quantitative estimate of drug-likeness (QED) is 0.674. The molecule has 29 heavy (non-hydrogen) atoms. The molecule has 0 saturated carbocycles. The smallest absolute Gasteiger partial charge is 0.243 e. The molecule has 0 aliphatic heterocycles. The molecule has 158 valence electrons. The maximum Gasteiger partial charge on any atom is 0.243 e. The van der Waals surface area contributed by atoms with Crippen molar-refractivity contribution in [3.63, 3.8) is 0 Å². The second-order valence-corrected chi connectivity index (χ2v) is 8.71. The van der Waals surface area contributed by atoms with Crippen molar-refractivity contribution in [2.75, 3.05) is 27.8 Å². The number of sulfonamides is 1. The highest BCUT2D eigenvalue weighted by molar-refractivity contribution is 7.89. The Kier molecular flexibility index (Phi) is 7.64. The molecule has 0 aliphatic rings. The molecule has 0 radical (unpaired) electrons. The number of carbonyl (C=O) groups excluding carboxylic acids is 1. The van der Waals surface area contributed by atoms with Crippen LogP contribution in [0.5, 0.6) is 11.5 Å². The lowest BCUT2D eigenvalue weighted by Gasteiger charge is -2.22. The normalized spacial score (nSPS) is 12.5. The van der Waals surface area contributed by atoms with Gasteiger partial charge in [-0.1, -0.05) is 31.2 Å². The minimum atomic E-state index is -3.87. The van der Waals surface area contributed by atoms with Crippen molar-refractivity contribution in [3.8, 4) is 11.5 Å². The lowest BCUT2D eigenvalue weighted by molar-refractivity contribution is -0.121. The van der Waals surface area contributed by atoms with Gasteiger partial charge in [0.15, 0.2) is 11.5 Å². The summed E-state index contributed by atoms with van der Waals surface area (Å²) in [4.78, 5) is 12.6. The van der Waals surface area contributed by atoms with Crippen molar-refractivity contribution in [3.05, 3.63) is 53.6 Å². The van der Waals surface area contributed by atoms with E-state index >= 15 is 0 Å². The van der Waals surface area contributed by atoms with Crippen LogP contribution in [0.2, 0.25) is 0 Å². The van der Waals surface area contributed by atoms with Gasteiger partial charge < -0.3 is 14.8 Å². The summed E-state index contributed by atoms with van der Waals surface area (Å²) in [6, 6.07) is 12.0. The van der Waals surface area contributed by atoms with Crippen LogP contribution in [0.25, 0.3) is 0 Å². The van der Waals surface area contributed by atoms with Crippen molar-refractivity contribution in [1.82, 2.24) is 9.62 Å².